The van der Waals surface area contributed by atoms with E-state index in [2.05, 4.69) is 5.32 Å². The lowest BCUT2D eigenvalue weighted by atomic mass is 10.1. The van der Waals surface area contributed by atoms with Crippen LogP contribution in [0.3, 0.4) is 0 Å². The Labute approximate surface area is 144 Å². The van der Waals surface area contributed by atoms with E-state index >= 15 is 0 Å². The van der Waals surface area contributed by atoms with Gasteiger partial charge in [0.15, 0.2) is 11.5 Å². The van der Waals surface area contributed by atoms with Gasteiger partial charge in [-0.3, -0.25) is 4.79 Å². The highest BCUT2D eigenvalue weighted by atomic mass is 35.5. The number of rotatable bonds is 4. The topological polar surface area (TPSA) is 82.3 Å². The van der Waals surface area contributed by atoms with Crippen LogP contribution >= 0.6 is 11.6 Å². The molecule has 122 valence electrons. The smallest absolute Gasteiger partial charge is 0.266 e. The molecule has 5 nitrogen and oxygen atoms in total. The summed E-state index contributed by atoms with van der Waals surface area (Å²) in [6.45, 7) is 1.93. The second-order valence-corrected chi connectivity index (χ2v) is 5.47. The van der Waals surface area contributed by atoms with Gasteiger partial charge in [0.25, 0.3) is 5.91 Å². The highest BCUT2D eigenvalue weighted by Crippen LogP contribution is 2.34. The fourth-order valence-corrected chi connectivity index (χ4v) is 2.22. The molecule has 24 heavy (non-hydrogen) atoms. The van der Waals surface area contributed by atoms with Crippen LogP contribution in [0.4, 0.5) is 5.69 Å². The number of amides is 1. The molecule has 0 spiro atoms. The molecule has 2 rings (SSSR count). The molecule has 0 aliphatic rings. The average molecular weight is 343 g/mol. The summed E-state index contributed by atoms with van der Waals surface area (Å²) in [6, 6.07) is 11.9. The number of benzene rings is 2. The van der Waals surface area contributed by atoms with Crippen molar-refractivity contribution in [2.45, 2.75) is 6.92 Å². The summed E-state index contributed by atoms with van der Waals surface area (Å²) in [5.74, 6) is -0.623. The zero-order valence-electron chi connectivity index (χ0n) is 13.1. The van der Waals surface area contributed by atoms with Gasteiger partial charge in [0.1, 0.15) is 11.6 Å². The lowest BCUT2D eigenvalue weighted by molar-refractivity contribution is -0.112. The van der Waals surface area contributed by atoms with Gasteiger partial charge in [-0.25, -0.2) is 0 Å². The second-order valence-electron chi connectivity index (χ2n) is 5.04. The number of nitrogens with zero attached hydrogens (tertiary/aromatic N) is 1. The number of methoxy groups -OCH3 is 1. The number of aryl methyl sites for hydroxylation is 1. The van der Waals surface area contributed by atoms with E-state index in [1.54, 1.807) is 12.1 Å². The molecule has 0 aliphatic carbocycles. The molecule has 1 amide bonds. The second kappa shape index (κ2) is 7.53. The Balaban J connectivity index is 2.32. The standard InChI is InChI=1S/C18H15ClN2O3/c1-11-3-5-15(6-4-11)21-18(23)13(10-20)7-12-8-14(19)9-16(24-2)17(12)22/h3-9,22H,1-2H3,(H,21,23). The van der Waals surface area contributed by atoms with Crippen molar-refractivity contribution in [1.82, 2.24) is 0 Å². The van der Waals surface area contributed by atoms with Crippen LogP contribution in [0.2, 0.25) is 5.02 Å². The minimum absolute atomic E-state index is 0.157. The summed E-state index contributed by atoms with van der Waals surface area (Å²) < 4.78 is 5.00. The van der Waals surface area contributed by atoms with E-state index < -0.39 is 5.91 Å². The lowest BCUT2D eigenvalue weighted by Gasteiger charge is -2.08. The molecular weight excluding hydrogens is 328 g/mol. The summed E-state index contributed by atoms with van der Waals surface area (Å²) >= 11 is 5.95. The Kier molecular flexibility index (Phi) is 5.46. The molecule has 0 fully saturated rings. The first-order chi connectivity index (χ1) is 11.4. The van der Waals surface area contributed by atoms with Gasteiger partial charge in [0.05, 0.1) is 7.11 Å². The van der Waals surface area contributed by atoms with Crippen LogP contribution in [-0.2, 0) is 4.79 Å². The van der Waals surface area contributed by atoms with Gasteiger partial charge in [0.2, 0.25) is 0 Å². The Morgan fingerprint density at radius 1 is 1.33 bits per heavy atom. The third kappa shape index (κ3) is 4.06. The largest absolute Gasteiger partial charge is 0.504 e. The van der Waals surface area contributed by atoms with Crippen LogP contribution in [0.15, 0.2) is 42.0 Å². The van der Waals surface area contributed by atoms with Crippen molar-refractivity contribution in [3.05, 3.63) is 58.1 Å². The van der Waals surface area contributed by atoms with Gasteiger partial charge in [-0.1, -0.05) is 29.3 Å². The maximum Gasteiger partial charge on any atom is 0.266 e. The number of carbonyl (C=O) groups excluding carboxylic acids is 1. The number of hydrogen-bond donors (Lipinski definition) is 2. The number of carbonyl (C=O) groups is 1. The van der Waals surface area contributed by atoms with Gasteiger partial charge in [0, 0.05) is 22.3 Å². The Bertz CT molecular complexity index is 837. The van der Waals surface area contributed by atoms with Crippen LogP contribution in [0.5, 0.6) is 11.5 Å². The third-order valence-electron chi connectivity index (χ3n) is 3.26. The van der Waals surface area contributed by atoms with Crippen molar-refractivity contribution in [1.29, 1.82) is 5.26 Å². The molecule has 0 bridgehead atoms. The van der Waals surface area contributed by atoms with Gasteiger partial charge in [-0.2, -0.15) is 5.26 Å². The molecule has 0 radical (unpaired) electrons. The summed E-state index contributed by atoms with van der Waals surface area (Å²) in [6.07, 6.45) is 1.26. The Morgan fingerprint density at radius 3 is 2.58 bits per heavy atom. The predicted octanol–water partition coefficient (Wildman–Crippen LogP) is 3.91. The average Bonchev–Trinajstić information content (AvgIpc) is 2.57. The SMILES string of the molecule is COc1cc(Cl)cc(C=C(C#N)C(=O)Nc2ccc(C)cc2)c1O. The van der Waals surface area contributed by atoms with Crippen molar-refractivity contribution in [3.8, 4) is 17.6 Å². The summed E-state index contributed by atoms with van der Waals surface area (Å²) in [5.41, 5.74) is 1.67. The molecular formula is C18H15ClN2O3. The van der Waals surface area contributed by atoms with Crippen molar-refractivity contribution in [2.24, 2.45) is 0 Å². The molecule has 0 saturated heterocycles. The molecule has 0 heterocycles. The zero-order valence-corrected chi connectivity index (χ0v) is 13.9. The highest BCUT2D eigenvalue weighted by molar-refractivity contribution is 6.31. The molecule has 6 heteroatoms. The first kappa shape index (κ1) is 17.4. The van der Waals surface area contributed by atoms with E-state index in [1.165, 1.54) is 25.3 Å². The van der Waals surface area contributed by atoms with E-state index in [9.17, 15) is 15.2 Å². The molecule has 0 aliphatic heterocycles. The lowest BCUT2D eigenvalue weighted by Crippen LogP contribution is -2.13. The van der Waals surface area contributed by atoms with Crippen molar-refractivity contribution >= 4 is 29.3 Å². The number of phenols is 1. The van der Waals surface area contributed by atoms with E-state index in [0.29, 0.717) is 10.7 Å². The fourth-order valence-electron chi connectivity index (χ4n) is 2.00. The number of nitrogens with one attached hydrogen (secondary N) is 1. The highest BCUT2D eigenvalue weighted by Gasteiger charge is 2.13. The number of ether oxygens (including phenoxy) is 1. The monoisotopic (exact) mass is 342 g/mol. The molecule has 2 aromatic rings. The minimum Gasteiger partial charge on any atom is -0.504 e. The predicted molar refractivity (Wildman–Crippen MR) is 93.1 cm³/mol. The van der Waals surface area contributed by atoms with Crippen LogP contribution in [0.25, 0.3) is 6.08 Å². The number of anilines is 1. The quantitative estimate of drug-likeness (QED) is 0.652. The first-order valence-corrected chi connectivity index (χ1v) is 7.38. The van der Waals surface area contributed by atoms with E-state index in [1.807, 2.05) is 25.1 Å². The molecule has 0 atom stereocenters. The Hall–Kier alpha value is -2.97. The first-order valence-electron chi connectivity index (χ1n) is 7.01. The summed E-state index contributed by atoms with van der Waals surface area (Å²) in [7, 11) is 1.38. The molecule has 0 aromatic heterocycles. The van der Waals surface area contributed by atoms with Gasteiger partial charge >= 0.3 is 0 Å². The normalized spacial score (nSPS) is 10.8. The van der Waals surface area contributed by atoms with Crippen LogP contribution in [0.1, 0.15) is 11.1 Å². The van der Waals surface area contributed by atoms with Crippen molar-refractivity contribution in [3.63, 3.8) is 0 Å². The molecule has 2 N–H and O–H groups in total. The van der Waals surface area contributed by atoms with Crippen LogP contribution in [0, 0.1) is 18.3 Å². The fraction of sp³-hybridized carbons (Fsp3) is 0.111. The van der Waals surface area contributed by atoms with Gasteiger partial charge in [-0.15, -0.1) is 0 Å². The third-order valence-corrected chi connectivity index (χ3v) is 3.48. The van der Waals surface area contributed by atoms with E-state index in [0.717, 1.165) is 5.56 Å². The number of hydrogen-bond acceptors (Lipinski definition) is 4. The van der Waals surface area contributed by atoms with Gasteiger partial charge < -0.3 is 15.2 Å². The minimum atomic E-state index is -0.584. The van der Waals surface area contributed by atoms with Gasteiger partial charge in [-0.05, 0) is 31.2 Å². The number of halogens is 1. The summed E-state index contributed by atoms with van der Waals surface area (Å²) in [5, 5.41) is 22.3. The molecule has 0 unspecified atom stereocenters. The number of aromatic hydroxyl groups is 1. The summed E-state index contributed by atoms with van der Waals surface area (Å²) in [4.78, 5) is 12.2. The van der Waals surface area contributed by atoms with E-state index in [-0.39, 0.29) is 22.6 Å². The van der Waals surface area contributed by atoms with E-state index in [4.69, 9.17) is 16.3 Å². The Morgan fingerprint density at radius 2 is 2.00 bits per heavy atom. The van der Waals surface area contributed by atoms with Crippen molar-refractivity contribution in [2.75, 3.05) is 12.4 Å². The van der Waals surface area contributed by atoms with Crippen LogP contribution in [-0.4, -0.2) is 18.1 Å². The number of nitriles is 1. The zero-order chi connectivity index (χ0) is 17.7. The van der Waals surface area contributed by atoms with Crippen LogP contribution < -0.4 is 10.1 Å². The maximum absolute atomic E-state index is 12.2. The van der Waals surface area contributed by atoms with Crippen molar-refractivity contribution < 1.29 is 14.6 Å². The molecule has 2 aromatic carbocycles. The number of phenolic OH excluding ortho intramolecular Hbond substituents is 1. The molecule has 0 saturated carbocycles. The maximum atomic E-state index is 12.2.